The maximum Gasteiger partial charge on any atom is 0.297 e. The van der Waals surface area contributed by atoms with Gasteiger partial charge in [0.15, 0.2) is 0 Å². The van der Waals surface area contributed by atoms with Crippen LogP contribution in [0.2, 0.25) is 0 Å². The fourth-order valence-corrected chi connectivity index (χ4v) is 8.22. The highest BCUT2D eigenvalue weighted by molar-refractivity contribution is 7.86. The number of nitrogens with two attached hydrogens (primary N) is 1. The first kappa shape index (κ1) is 37.6. The van der Waals surface area contributed by atoms with Crippen molar-refractivity contribution in [3.8, 4) is 17.2 Å². The number of azide groups is 1. The molecule has 14 heteroatoms. The van der Waals surface area contributed by atoms with Crippen molar-refractivity contribution in [2.75, 3.05) is 19.8 Å². The molecule has 0 bridgehead atoms. The van der Waals surface area contributed by atoms with Gasteiger partial charge >= 0.3 is 0 Å². The number of benzene rings is 4. The molecule has 10 rings (SSSR count). The largest absolute Gasteiger partial charge is 0.492 e. The van der Waals surface area contributed by atoms with Crippen molar-refractivity contribution in [1.29, 1.82) is 0 Å². The van der Waals surface area contributed by atoms with E-state index in [0.717, 1.165) is 79.5 Å². The number of hydrogen-bond donors (Lipinski definition) is 1. The average molecular weight is 782 g/mol. The lowest BCUT2D eigenvalue weighted by atomic mass is 10.0. The zero-order valence-electron chi connectivity index (χ0n) is 31.1. The van der Waals surface area contributed by atoms with E-state index in [1.165, 1.54) is 5.56 Å². The summed E-state index contributed by atoms with van der Waals surface area (Å²) in [5, 5.41) is 6.74. The molecule has 13 nitrogen and oxygen atoms in total. The molecule has 288 valence electrons. The van der Waals surface area contributed by atoms with Crippen LogP contribution >= 0.6 is 0 Å². The van der Waals surface area contributed by atoms with E-state index in [2.05, 4.69) is 31.0 Å². The smallest absolute Gasteiger partial charge is 0.297 e. The fraction of sp³-hybridized carbons (Fsp3) is 0.233. The van der Waals surface area contributed by atoms with Crippen molar-refractivity contribution in [1.82, 2.24) is 15.0 Å². The average Bonchev–Trinajstić information content (AvgIpc) is 3.24. The fourth-order valence-electron chi connectivity index (χ4n) is 7.16. The molecule has 0 saturated carbocycles. The van der Waals surface area contributed by atoms with Gasteiger partial charge in [-0.05, 0) is 109 Å². The predicted octanol–water partition coefficient (Wildman–Crippen LogP) is 7.60. The first-order valence-electron chi connectivity index (χ1n) is 18.5. The van der Waals surface area contributed by atoms with E-state index in [1.807, 2.05) is 73.7 Å². The van der Waals surface area contributed by atoms with Crippen LogP contribution in [0.25, 0.3) is 43.2 Å². The van der Waals surface area contributed by atoms with E-state index in [4.69, 9.17) is 29.7 Å². The van der Waals surface area contributed by atoms with Gasteiger partial charge in [0.05, 0.1) is 34.1 Å². The summed E-state index contributed by atoms with van der Waals surface area (Å²) >= 11 is 0. The molecule has 6 heterocycles. The molecule has 0 fully saturated rings. The molecule has 0 aliphatic carbocycles. The van der Waals surface area contributed by atoms with Crippen LogP contribution in [0.1, 0.15) is 22.3 Å². The van der Waals surface area contributed by atoms with Gasteiger partial charge in [0.1, 0.15) is 36.6 Å². The molecule has 7 aromatic rings. The van der Waals surface area contributed by atoms with Gasteiger partial charge in [-0.2, -0.15) is 8.42 Å². The molecule has 4 aromatic carbocycles. The SMILES string of the molecule is Cc1ccc(S(=O)(=O)OC2COc3c(ccc4ncccc34)C2)cc1.NC1COc2c(ccc3ncccc23)C1.[N-]=[N+]=NC1COc2c(ccc3ncccc23)C1. The van der Waals surface area contributed by atoms with Crippen molar-refractivity contribution in [3.63, 3.8) is 0 Å². The quantitative estimate of drug-likeness (QED) is 0.0807. The summed E-state index contributed by atoms with van der Waals surface area (Å²) in [6.07, 6.45) is 6.84. The number of fused-ring (bicyclic) bond motifs is 9. The molecule has 57 heavy (non-hydrogen) atoms. The lowest BCUT2D eigenvalue weighted by molar-refractivity contribution is 0.119. The Balaban J connectivity index is 0.000000125. The Hall–Kier alpha value is -6.31. The summed E-state index contributed by atoms with van der Waals surface area (Å²) < 4.78 is 47.5. The number of aryl methyl sites for hydroxylation is 1. The monoisotopic (exact) mass is 781 g/mol. The van der Waals surface area contributed by atoms with Gasteiger partial charge in [-0.25, -0.2) is 0 Å². The summed E-state index contributed by atoms with van der Waals surface area (Å²) in [4.78, 5) is 15.9. The molecule has 0 spiro atoms. The van der Waals surface area contributed by atoms with Crippen LogP contribution in [0.3, 0.4) is 0 Å². The maximum absolute atomic E-state index is 12.4. The van der Waals surface area contributed by atoms with Crippen molar-refractivity contribution in [2.45, 2.75) is 49.3 Å². The highest BCUT2D eigenvalue weighted by Crippen LogP contribution is 2.35. The number of rotatable bonds is 4. The van der Waals surface area contributed by atoms with Crippen LogP contribution in [-0.4, -0.2) is 61.4 Å². The molecular weight excluding hydrogens is 743 g/mol. The Bertz CT molecular complexity index is 2740. The third kappa shape index (κ3) is 8.30. The number of ether oxygens (including phenoxy) is 3. The second-order valence-electron chi connectivity index (χ2n) is 14.0. The third-order valence-corrected chi connectivity index (χ3v) is 11.3. The zero-order chi connectivity index (χ0) is 39.4. The minimum Gasteiger partial charge on any atom is -0.492 e. The Morgan fingerprint density at radius 3 is 1.70 bits per heavy atom. The second kappa shape index (κ2) is 16.4. The van der Waals surface area contributed by atoms with E-state index in [0.29, 0.717) is 19.6 Å². The van der Waals surface area contributed by atoms with E-state index in [1.54, 1.807) is 42.9 Å². The van der Waals surface area contributed by atoms with Crippen LogP contribution in [0.5, 0.6) is 17.2 Å². The summed E-state index contributed by atoms with van der Waals surface area (Å²) in [6, 6.07) is 30.2. The number of nitrogens with zero attached hydrogens (tertiary/aromatic N) is 6. The summed E-state index contributed by atoms with van der Waals surface area (Å²) in [5.74, 6) is 2.60. The zero-order valence-corrected chi connectivity index (χ0v) is 31.9. The molecule has 3 atom stereocenters. The highest BCUT2D eigenvalue weighted by Gasteiger charge is 2.28. The minimum absolute atomic E-state index is 0.110. The molecule has 3 unspecified atom stereocenters. The maximum atomic E-state index is 12.4. The highest BCUT2D eigenvalue weighted by atomic mass is 32.2. The van der Waals surface area contributed by atoms with Gasteiger partial charge in [-0.15, -0.1) is 0 Å². The van der Waals surface area contributed by atoms with Crippen LogP contribution in [0, 0.1) is 6.92 Å². The molecule has 0 amide bonds. The molecule has 3 aliphatic heterocycles. The van der Waals surface area contributed by atoms with Crippen molar-refractivity contribution in [2.24, 2.45) is 10.8 Å². The van der Waals surface area contributed by atoms with E-state index in [9.17, 15) is 8.42 Å². The first-order valence-corrected chi connectivity index (χ1v) is 19.9. The Morgan fingerprint density at radius 1 is 0.667 bits per heavy atom. The van der Waals surface area contributed by atoms with Crippen molar-refractivity contribution in [3.05, 3.63) is 148 Å². The Labute approximate surface area is 329 Å². The standard InChI is InChI=1S/C19H17NO4S.C12H10N4O.C12H12N2O/c1-13-4-7-16(8-5-13)25(21,22)24-15-11-14-6-9-18-17(3-2-10-20-18)19(14)23-12-15;13-16-15-9-6-8-3-4-11-10(2-1-5-14-11)12(8)17-7-9;13-9-6-8-3-4-11-10(2-1-5-14-11)12(8)15-7-9/h2-10,15H,11-12H2,1H3;1-5,9H,6-7H2;1-5,9H,6-7,13H2. The van der Waals surface area contributed by atoms with Gasteiger partial charge in [-0.3, -0.25) is 19.1 Å². The Kier molecular flexibility index (Phi) is 10.8. The number of hydrogen-bond acceptors (Lipinski definition) is 11. The van der Waals surface area contributed by atoms with Gasteiger partial charge < -0.3 is 19.9 Å². The summed E-state index contributed by atoms with van der Waals surface area (Å²) in [6.45, 7) is 3.13. The van der Waals surface area contributed by atoms with Crippen molar-refractivity contribution < 1.29 is 26.8 Å². The van der Waals surface area contributed by atoms with Gasteiger partial charge in [0.25, 0.3) is 10.1 Å². The molecule has 3 aliphatic rings. The van der Waals surface area contributed by atoms with Gasteiger partial charge in [0.2, 0.25) is 0 Å². The molecule has 3 aromatic heterocycles. The van der Waals surface area contributed by atoms with Crippen molar-refractivity contribution >= 4 is 42.8 Å². The number of aromatic nitrogens is 3. The predicted molar refractivity (Wildman–Crippen MR) is 217 cm³/mol. The van der Waals surface area contributed by atoms with Crippen LogP contribution < -0.4 is 19.9 Å². The van der Waals surface area contributed by atoms with E-state index >= 15 is 0 Å². The van der Waals surface area contributed by atoms with Crippen LogP contribution in [-0.2, 0) is 33.6 Å². The first-order chi connectivity index (χ1) is 27.8. The molecule has 0 radical (unpaired) electrons. The minimum atomic E-state index is -3.81. The normalized spacial score (nSPS) is 18.0. The molecule has 0 saturated heterocycles. The van der Waals surface area contributed by atoms with E-state index in [-0.39, 0.29) is 23.6 Å². The summed E-state index contributed by atoms with van der Waals surface area (Å²) in [7, 11) is -3.81. The number of pyridine rings is 3. The molecule has 2 N–H and O–H groups in total. The van der Waals surface area contributed by atoms with Crippen LogP contribution in [0.4, 0.5) is 0 Å². The summed E-state index contributed by atoms with van der Waals surface area (Å²) in [5.41, 5.74) is 21.2. The topological polar surface area (TPSA) is 185 Å². The lowest BCUT2D eigenvalue weighted by Crippen LogP contribution is -2.33. The second-order valence-corrected chi connectivity index (χ2v) is 15.6. The van der Waals surface area contributed by atoms with E-state index < -0.39 is 16.2 Å². The van der Waals surface area contributed by atoms with Gasteiger partial charge in [0, 0.05) is 52.1 Å². The molecular formula is C43H39N7O6S. The van der Waals surface area contributed by atoms with Gasteiger partial charge in [-0.1, -0.05) is 41.0 Å². The lowest BCUT2D eigenvalue weighted by Gasteiger charge is -2.26. The Morgan fingerprint density at radius 2 is 1.16 bits per heavy atom. The van der Waals surface area contributed by atoms with Crippen LogP contribution in [0.15, 0.2) is 126 Å². The third-order valence-electron chi connectivity index (χ3n) is 9.90.